The summed E-state index contributed by atoms with van der Waals surface area (Å²) in [6, 6.07) is 0. The highest BCUT2D eigenvalue weighted by atomic mass is 16.3. The number of fused-ring (bicyclic) bond motifs is 5. The van der Waals surface area contributed by atoms with Crippen molar-refractivity contribution in [2.45, 2.75) is 58.0 Å². The fourth-order valence-corrected chi connectivity index (χ4v) is 7.36. The van der Waals surface area contributed by atoms with E-state index in [1.165, 1.54) is 5.57 Å². The Bertz CT molecular complexity index is 655. The van der Waals surface area contributed by atoms with Crippen LogP contribution in [0, 0.1) is 34.5 Å². The summed E-state index contributed by atoms with van der Waals surface area (Å²) in [5.41, 5.74) is 0.436. The van der Waals surface area contributed by atoms with Crippen molar-refractivity contribution in [3.05, 3.63) is 11.6 Å². The van der Waals surface area contributed by atoms with E-state index in [9.17, 15) is 24.9 Å². The number of carbonyl (C=O) groups excluding carboxylic acids is 2. The number of carbonyl (C=O) groups is 2. The molecule has 0 aromatic carbocycles. The molecule has 0 spiro atoms. The van der Waals surface area contributed by atoms with Crippen LogP contribution in [0.2, 0.25) is 0 Å². The van der Waals surface area contributed by atoms with Crippen LogP contribution in [-0.4, -0.2) is 46.2 Å². The molecule has 3 saturated carbocycles. The molecule has 0 aliphatic heterocycles. The van der Waals surface area contributed by atoms with Crippen LogP contribution in [0.5, 0.6) is 0 Å². The molecule has 4 rings (SSSR count). The molecule has 5 heteroatoms. The third-order valence-corrected chi connectivity index (χ3v) is 8.46. The van der Waals surface area contributed by atoms with E-state index in [1.807, 2.05) is 6.08 Å². The molecule has 0 aromatic heterocycles. The van der Waals surface area contributed by atoms with Gasteiger partial charge in [-0.25, -0.2) is 0 Å². The molecule has 144 valence electrons. The molecule has 0 amide bonds. The zero-order valence-corrected chi connectivity index (χ0v) is 15.5. The highest BCUT2D eigenvalue weighted by Crippen LogP contribution is 2.66. The van der Waals surface area contributed by atoms with E-state index in [4.69, 9.17) is 0 Å². The molecule has 4 aliphatic carbocycles. The second kappa shape index (κ2) is 6.25. The van der Waals surface area contributed by atoms with Crippen LogP contribution in [0.1, 0.15) is 51.9 Å². The predicted molar refractivity (Wildman–Crippen MR) is 95.1 cm³/mol. The van der Waals surface area contributed by atoms with Crippen molar-refractivity contribution >= 4 is 11.6 Å². The van der Waals surface area contributed by atoms with Crippen LogP contribution in [0.3, 0.4) is 0 Å². The van der Waals surface area contributed by atoms with Crippen molar-refractivity contribution in [1.29, 1.82) is 0 Å². The Labute approximate surface area is 154 Å². The lowest BCUT2D eigenvalue weighted by atomic mass is 9.45. The van der Waals surface area contributed by atoms with Crippen LogP contribution in [0.15, 0.2) is 11.6 Å². The third-order valence-electron chi connectivity index (χ3n) is 8.46. The van der Waals surface area contributed by atoms with Gasteiger partial charge in [0, 0.05) is 24.4 Å². The first-order valence-electron chi connectivity index (χ1n) is 10.0. The second-order valence-electron chi connectivity index (χ2n) is 9.31. The zero-order valence-electron chi connectivity index (χ0n) is 15.5. The number of Topliss-reactive ketones (excluding diaryl/α,β-unsaturated/α-hetero) is 1. The Kier molecular flexibility index (Phi) is 4.41. The molecular weight excluding hydrogens is 332 g/mol. The van der Waals surface area contributed by atoms with Gasteiger partial charge in [0.2, 0.25) is 0 Å². The Hall–Kier alpha value is -1.04. The lowest BCUT2D eigenvalue weighted by molar-refractivity contribution is -0.158. The van der Waals surface area contributed by atoms with Crippen molar-refractivity contribution in [3.63, 3.8) is 0 Å². The smallest absolute Gasteiger partial charge is 0.161 e. The van der Waals surface area contributed by atoms with Crippen molar-refractivity contribution in [1.82, 2.24) is 0 Å². The molecule has 4 aliphatic rings. The van der Waals surface area contributed by atoms with E-state index in [-0.39, 0.29) is 47.3 Å². The molecule has 1 unspecified atom stereocenters. The maximum Gasteiger partial charge on any atom is 0.161 e. The van der Waals surface area contributed by atoms with E-state index in [1.54, 1.807) is 0 Å². The van der Waals surface area contributed by atoms with Crippen LogP contribution in [0.4, 0.5) is 0 Å². The molecule has 0 heterocycles. The lowest BCUT2D eigenvalue weighted by Crippen LogP contribution is -2.59. The minimum atomic E-state index is -0.595. The van der Waals surface area contributed by atoms with Gasteiger partial charge in [-0.15, -0.1) is 0 Å². The van der Waals surface area contributed by atoms with Gasteiger partial charge in [-0.3, -0.25) is 9.59 Å². The predicted octanol–water partition coefficient (Wildman–Crippen LogP) is 1.64. The van der Waals surface area contributed by atoms with Gasteiger partial charge in [-0.2, -0.15) is 0 Å². The van der Waals surface area contributed by atoms with Crippen LogP contribution in [-0.2, 0) is 9.59 Å². The Morgan fingerprint density at radius 3 is 2.69 bits per heavy atom. The van der Waals surface area contributed by atoms with E-state index >= 15 is 0 Å². The first-order valence-corrected chi connectivity index (χ1v) is 10.0. The standard InChI is InChI=1S/C21H30O5/c1-20-7-6-13(24)8-12(20)2-3-14-15-4-5-16(18(26)10-22)21(15,11-23)9-17(25)19(14)20/h8,14-17,19,22-23,25H,2-7,9-11H2,1H3/t14-,15-,16?,17-,19+,20-,21+/m0/s1. The third kappa shape index (κ3) is 2.33. The molecule has 0 radical (unpaired) electrons. The quantitative estimate of drug-likeness (QED) is 0.709. The Morgan fingerprint density at radius 1 is 1.23 bits per heavy atom. The number of aliphatic hydroxyl groups is 3. The van der Waals surface area contributed by atoms with Crippen LogP contribution < -0.4 is 0 Å². The summed E-state index contributed by atoms with van der Waals surface area (Å²) in [5, 5.41) is 30.9. The van der Waals surface area contributed by atoms with Gasteiger partial charge in [-0.1, -0.05) is 12.5 Å². The zero-order chi connectivity index (χ0) is 18.7. The summed E-state index contributed by atoms with van der Waals surface area (Å²) < 4.78 is 0. The number of aliphatic hydroxyl groups excluding tert-OH is 3. The number of hydrogen-bond acceptors (Lipinski definition) is 5. The maximum absolute atomic E-state index is 12.3. The average Bonchev–Trinajstić information content (AvgIpc) is 3.00. The number of allylic oxidation sites excluding steroid dienone is 1. The number of hydrogen-bond donors (Lipinski definition) is 3. The van der Waals surface area contributed by atoms with Gasteiger partial charge in [0.05, 0.1) is 6.10 Å². The largest absolute Gasteiger partial charge is 0.396 e. The van der Waals surface area contributed by atoms with Gasteiger partial charge >= 0.3 is 0 Å². The monoisotopic (exact) mass is 362 g/mol. The minimum absolute atomic E-state index is 0.0863. The molecule has 0 aromatic rings. The first-order chi connectivity index (χ1) is 12.4. The topological polar surface area (TPSA) is 94.8 Å². The second-order valence-corrected chi connectivity index (χ2v) is 9.31. The SMILES string of the molecule is C[C@]12CCC(=O)C=C1CC[C@@H]1[C@@H]2[C@@H](O)C[C@]2(CO)C(C(=O)CO)CC[C@@H]12. The van der Waals surface area contributed by atoms with E-state index < -0.39 is 18.1 Å². The average molecular weight is 362 g/mol. The van der Waals surface area contributed by atoms with Crippen molar-refractivity contribution in [3.8, 4) is 0 Å². The summed E-state index contributed by atoms with van der Waals surface area (Å²) in [7, 11) is 0. The van der Waals surface area contributed by atoms with Crippen molar-refractivity contribution in [2.75, 3.05) is 13.2 Å². The summed E-state index contributed by atoms with van der Waals surface area (Å²) in [4.78, 5) is 24.2. The molecule has 0 saturated heterocycles. The van der Waals surface area contributed by atoms with E-state index in [0.29, 0.717) is 19.3 Å². The van der Waals surface area contributed by atoms with Gasteiger partial charge in [-0.05, 0) is 67.8 Å². The molecule has 0 bridgehead atoms. The number of rotatable bonds is 3. The first kappa shape index (κ1) is 18.3. The van der Waals surface area contributed by atoms with Gasteiger partial charge in [0.15, 0.2) is 11.6 Å². The normalized spacial score (nSPS) is 47.6. The summed E-state index contributed by atoms with van der Waals surface area (Å²) in [5.74, 6) is 0.202. The minimum Gasteiger partial charge on any atom is -0.396 e. The van der Waals surface area contributed by atoms with E-state index in [2.05, 4.69) is 6.92 Å². The van der Waals surface area contributed by atoms with Crippen LogP contribution in [0.25, 0.3) is 0 Å². The maximum atomic E-state index is 12.3. The van der Waals surface area contributed by atoms with Gasteiger partial charge in [0.25, 0.3) is 0 Å². The molecular formula is C21H30O5. The van der Waals surface area contributed by atoms with Crippen LogP contribution >= 0.6 is 0 Å². The van der Waals surface area contributed by atoms with E-state index in [0.717, 1.165) is 25.7 Å². The molecule has 7 atom stereocenters. The molecule has 5 nitrogen and oxygen atoms in total. The highest BCUT2D eigenvalue weighted by molar-refractivity contribution is 5.91. The van der Waals surface area contributed by atoms with Gasteiger partial charge in [0.1, 0.15) is 6.61 Å². The molecule has 26 heavy (non-hydrogen) atoms. The Balaban J connectivity index is 1.72. The molecule has 3 N–H and O–H groups in total. The van der Waals surface area contributed by atoms with Crippen molar-refractivity contribution in [2.24, 2.45) is 34.5 Å². The Morgan fingerprint density at radius 2 is 2.00 bits per heavy atom. The highest BCUT2D eigenvalue weighted by Gasteiger charge is 2.64. The lowest BCUT2D eigenvalue weighted by Gasteiger charge is -2.60. The summed E-state index contributed by atoms with van der Waals surface area (Å²) in [6.45, 7) is 1.60. The fourth-order valence-electron chi connectivity index (χ4n) is 7.36. The fraction of sp³-hybridized carbons (Fsp3) is 0.810. The molecule has 3 fully saturated rings. The summed E-state index contributed by atoms with van der Waals surface area (Å²) >= 11 is 0. The summed E-state index contributed by atoms with van der Waals surface area (Å²) in [6.07, 6.45) is 6.31. The number of ketones is 2. The van der Waals surface area contributed by atoms with Gasteiger partial charge < -0.3 is 15.3 Å². The van der Waals surface area contributed by atoms with Crippen molar-refractivity contribution < 1.29 is 24.9 Å².